The minimum atomic E-state index is -4.66. The summed E-state index contributed by atoms with van der Waals surface area (Å²) >= 11 is 0. The van der Waals surface area contributed by atoms with Crippen LogP contribution in [-0.2, 0) is 33.0 Å². The van der Waals surface area contributed by atoms with E-state index in [4.69, 9.17) is 18.9 Å². The summed E-state index contributed by atoms with van der Waals surface area (Å²) < 4.78 is 86.2. The third-order valence-electron chi connectivity index (χ3n) is 9.96. The van der Waals surface area contributed by atoms with Crippen molar-refractivity contribution >= 4 is 56.8 Å². The number of amides is 2. The zero-order chi connectivity index (χ0) is 40.1. The van der Waals surface area contributed by atoms with E-state index in [2.05, 4.69) is 0 Å². The van der Waals surface area contributed by atoms with Gasteiger partial charge in [0.25, 0.3) is 20.1 Å². The van der Waals surface area contributed by atoms with Gasteiger partial charge in [-0.3, -0.25) is 19.5 Å². The van der Waals surface area contributed by atoms with Crippen molar-refractivity contribution in [2.75, 3.05) is 30.4 Å². The zero-order valence-corrected chi connectivity index (χ0v) is 34.7. The van der Waals surface area contributed by atoms with Gasteiger partial charge in [0.1, 0.15) is 28.6 Å². The van der Waals surface area contributed by atoms with Crippen molar-refractivity contribution in [2.45, 2.75) is 71.1 Å². The highest BCUT2D eigenvalue weighted by molar-refractivity contribution is 8.09. The number of anilines is 1. The molecule has 54 heavy (non-hydrogen) atoms. The van der Waals surface area contributed by atoms with Gasteiger partial charge in [0.2, 0.25) is 20.0 Å². The number of hydrogen-bond acceptors (Lipinski definition) is 10. The first-order valence-electron chi connectivity index (χ1n) is 17.4. The monoisotopic (exact) mass is 799 g/mol. The Morgan fingerprint density at radius 1 is 0.796 bits per heavy atom. The Hall–Kier alpha value is -4.54. The van der Waals surface area contributed by atoms with Gasteiger partial charge in [0.15, 0.2) is 0 Å². The summed E-state index contributed by atoms with van der Waals surface area (Å²) in [5, 5.41) is -0.0246. The van der Waals surface area contributed by atoms with Gasteiger partial charge in [-0.15, -0.1) is 0 Å². The molecular weight excluding hydrogens is 754 g/mol. The quantitative estimate of drug-likeness (QED) is 0.0959. The molecule has 12 nitrogen and oxygen atoms in total. The summed E-state index contributed by atoms with van der Waals surface area (Å²) in [7, 11) is -9.35. The average molecular weight is 800 g/mol. The summed E-state index contributed by atoms with van der Waals surface area (Å²) in [6.45, 7) is 12.0. The first-order chi connectivity index (χ1) is 25.2. The summed E-state index contributed by atoms with van der Waals surface area (Å²) in [5.74, 6) is -1.39. The van der Waals surface area contributed by atoms with Crippen molar-refractivity contribution in [2.24, 2.45) is 0 Å². The van der Waals surface area contributed by atoms with Crippen LogP contribution in [0.1, 0.15) is 78.9 Å². The number of aromatic nitrogens is 1. The molecule has 0 N–H and O–H groups in total. The second-order valence-corrected chi connectivity index (χ2v) is 23.8. The van der Waals surface area contributed by atoms with Crippen molar-refractivity contribution in [3.63, 3.8) is 0 Å². The molecule has 1 aliphatic rings. The number of rotatable bonds is 14. The lowest BCUT2D eigenvalue weighted by Crippen LogP contribution is -2.51. The number of carbonyl (C=O) groups excluding carboxylic acids is 2. The average Bonchev–Trinajstić information content (AvgIpc) is 3.32. The zero-order valence-electron chi connectivity index (χ0n) is 32.1. The van der Waals surface area contributed by atoms with Crippen molar-refractivity contribution in [1.82, 2.24) is 9.88 Å². The summed E-state index contributed by atoms with van der Waals surface area (Å²) in [6, 6.07) is 12.2. The Kier molecular flexibility index (Phi) is 11.2. The third-order valence-corrected chi connectivity index (χ3v) is 19.1. The predicted molar refractivity (Wildman–Crippen MR) is 209 cm³/mol. The maximum atomic E-state index is 14.8. The molecule has 0 saturated heterocycles. The van der Waals surface area contributed by atoms with E-state index in [0.29, 0.717) is 40.7 Å². The van der Waals surface area contributed by atoms with Gasteiger partial charge in [0.05, 0.1) is 50.1 Å². The molecular formula is C38H46FN3O9S2Si. The number of fused-ring (bicyclic) bond motifs is 2. The molecule has 3 aromatic carbocycles. The maximum absolute atomic E-state index is 14.8. The highest BCUT2D eigenvalue weighted by Crippen LogP contribution is 2.51. The van der Waals surface area contributed by atoms with Gasteiger partial charge in [-0.1, -0.05) is 53.7 Å². The lowest BCUT2D eigenvalue weighted by molar-refractivity contribution is 0.0641. The fraction of sp³-hybridized carbons (Fsp3) is 0.395. The van der Waals surface area contributed by atoms with E-state index in [-0.39, 0.29) is 55.5 Å². The summed E-state index contributed by atoms with van der Waals surface area (Å²) in [4.78, 5) is 35.3. The second kappa shape index (κ2) is 14.9. The molecule has 0 fully saturated rings. The largest absolute Gasteiger partial charge is 0.541 e. The molecule has 16 heteroatoms. The van der Waals surface area contributed by atoms with E-state index in [1.807, 2.05) is 41.5 Å². The SMILES string of the molecule is COc1ccc(CN2C(=O)c3c(c(O[Si](C(C)C)(C(C)C)C(C)C)c4ncc(Cc5ccc(F)cc5)cc4c3N(S(C)(=O)=O)S(C)(=O)=O)C2=O)c(OC)c1. The van der Waals surface area contributed by atoms with Crippen LogP contribution in [0.5, 0.6) is 17.2 Å². The number of nitrogens with zero attached hydrogens (tertiary/aromatic N) is 3. The van der Waals surface area contributed by atoms with Crippen LogP contribution in [0.15, 0.2) is 54.7 Å². The predicted octanol–water partition coefficient (Wildman–Crippen LogP) is 7.06. The molecule has 2 amide bonds. The van der Waals surface area contributed by atoms with Gasteiger partial charge < -0.3 is 13.9 Å². The molecule has 0 bridgehead atoms. The van der Waals surface area contributed by atoms with E-state index in [9.17, 15) is 30.8 Å². The molecule has 0 unspecified atom stereocenters. The van der Waals surface area contributed by atoms with Crippen LogP contribution in [0.3, 0.4) is 0 Å². The Labute approximate surface area is 317 Å². The number of imide groups is 1. The minimum Gasteiger partial charge on any atom is -0.541 e. The van der Waals surface area contributed by atoms with Crippen molar-refractivity contribution in [3.8, 4) is 17.2 Å². The lowest BCUT2D eigenvalue weighted by Gasteiger charge is -2.42. The van der Waals surface area contributed by atoms with E-state index in [0.717, 1.165) is 4.90 Å². The van der Waals surface area contributed by atoms with Crippen molar-refractivity contribution in [1.29, 1.82) is 0 Å². The second-order valence-electron chi connectivity index (χ2n) is 14.5. The topological polar surface area (TPSA) is 149 Å². The van der Waals surface area contributed by atoms with Crippen LogP contribution in [0.4, 0.5) is 10.1 Å². The Balaban J connectivity index is 1.92. The molecule has 0 saturated carbocycles. The van der Waals surface area contributed by atoms with Crippen LogP contribution in [-0.4, -0.2) is 73.6 Å². The molecule has 2 heterocycles. The smallest absolute Gasteiger partial charge is 0.265 e. The number of sulfonamides is 2. The number of pyridine rings is 1. The van der Waals surface area contributed by atoms with Crippen molar-refractivity contribution in [3.05, 3.63) is 88.4 Å². The summed E-state index contributed by atoms with van der Waals surface area (Å²) in [5.41, 5.74) is 0.390. The minimum absolute atomic E-state index is 0.00367. The number of ether oxygens (including phenoxy) is 2. The fourth-order valence-electron chi connectivity index (χ4n) is 7.76. The number of methoxy groups -OCH3 is 2. The molecule has 4 aromatic rings. The van der Waals surface area contributed by atoms with Crippen LogP contribution >= 0.6 is 0 Å². The van der Waals surface area contributed by atoms with Gasteiger partial charge in [-0.25, -0.2) is 21.2 Å². The van der Waals surface area contributed by atoms with Gasteiger partial charge >= 0.3 is 0 Å². The Bertz CT molecular complexity index is 2300. The molecule has 1 aromatic heterocycles. The Morgan fingerprint density at radius 2 is 1.37 bits per heavy atom. The fourth-order valence-corrected chi connectivity index (χ4v) is 16.0. The maximum Gasteiger partial charge on any atom is 0.265 e. The van der Waals surface area contributed by atoms with Gasteiger partial charge in [-0.05, 0) is 64.5 Å². The van der Waals surface area contributed by atoms with Crippen molar-refractivity contribution < 1.29 is 44.7 Å². The summed E-state index contributed by atoms with van der Waals surface area (Å²) in [6.07, 6.45) is 3.14. The standard InChI is InChI=1S/C38H46FN3O9S2Si/c1-22(2)54(23(3)4,24(5)6)51-36-33-32(37(43)41(38(33)44)21-27-13-16-29(49-7)19-31(27)50-8)35(42(52(9,45)46)53(10,47)48)30-18-26(20-40-34(30)36)17-25-11-14-28(39)15-12-25/h11-16,18-20,22-24H,17,21H2,1-10H3. The molecule has 0 spiro atoms. The molecule has 1 aliphatic heterocycles. The van der Waals surface area contributed by atoms with Crippen LogP contribution in [0, 0.1) is 5.82 Å². The normalized spacial score (nSPS) is 13.7. The van der Waals surface area contributed by atoms with E-state index < -0.39 is 57.2 Å². The van der Waals surface area contributed by atoms with E-state index >= 15 is 0 Å². The molecule has 0 radical (unpaired) electrons. The number of hydrogen-bond donors (Lipinski definition) is 0. The van der Waals surface area contributed by atoms with Crippen LogP contribution in [0.2, 0.25) is 16.6 Å². The number of carbonyl (C=O) groups is 2. The lowest BCUT2D eigenvalue weighted by atomic mass is 9.98. The van der Waals surface area contributed by atoms with E-state index in [1.165, 1.54) is 32.5 Å². The molecule has 290 valence electrons. The first kappa shape index (κ1) is 40.6. The van der Waals surface area contributed by atoms with Crippen LogP contribution in [0.25, 0.3) is 10.9 Å². The van der Waals surface area contributed by atoms with Crippen LogP contribution < -0.4 is 17.6 Å². The molecule has 0 atom stereocenters. The van der Waals surface area contributed by atoms with Gasteiger partial charge in [0, 0.05) is 23.2 Å². The number of halogens is 1. The third kappa shape index (κ3) is 7.30. The molecule has 0 aliphatic carbocycles. The van der Waals surface area contributed by atoms with Gasteiger partial charge in [-0.2, -0.15) is 3.71 Å². The molecule has 5 rings (SSSR count). The first-order valence-corrected chi connectivity index (χ1v) is 23.2. The number of benzene rings is 3. The highest BCUT2D eigenvalue weighted by atomic mass is 32.3. The van der Waals surface area contributed by atoms with E-state index in [1.54, 1.807) is 36.4 Å². The highest BCUT2D eigenvalue weighted by Gasteiger charge is 2.51. The Morgan fingerprint density at radius 3 is 1.89 bits per heavy atom.